The Morgan fingerprint density at radius 1 is 0.439 bits per heavy atom. The average molecular weight is 1220 g/mol. The van der Waals surface area contributed by atoms with Crippen LogP contribution < -0.4 is 0 Å². The van der Waals surface area contributed by atoms with Crippen LogP contribution in [0.25, 0.3) is 0 Å². The van der Waals surface area contributed by atoms with Gasteiger partial charge in [0.25, 0.3) is 0 Å². The molecule has 0 aromatic heterocycles. The predicted octanol–water partition coefficient (Wildman–Crippen LogP) is 6.71. The van der Waals surface area contributed by atoms with Crippen LogP contribution in [0.4, 0.5) is 0 Å². The van der Waals surface area contributed by atoms with Crippen molar-refractivity contribution in [2.24, 2.45) is 0 Å². The van der Waals surface area contributed by atoms with Gasteiger partial charge in [0.05, 0.1) is 0 Å². The van der Waals surface area contributed by atoms with Crippen LogP contribution in [-0.4, -0.2) is 134 Å². The SMILES string of the molecule is O=C1C=CCC1.O=C1C=CCCC1.[CH2-]COC.[CH2-]COCC.[CH2-]COCC.[CH2-]COCC.[CH2-]N1CC=CC1=O.[CH2-]N1CC=CC1=O.[CH2-]N1CCC=CC1=O.[CH2-]N1CCC=CC1=O.[Y].[Y].[Y].[Y]. The maximum Gasteiger partial charge on any atom is 0.217 e. The number of amides is 4. The maximum atomic E-state index is 10.6. The van der Waals surface area contributed by atoms with Crippen molar-refractivity contribution < 1.29 is 179 Å². The van der Waals surface area contributed by atoms with Crippen molar-refractivity contribution >= 4 is 35.2 Å². The molecule has 368 valence electrons. The molecular formula is C48H76N4O10Y4-8. The minimum Gasteiger partial charge on any atom is -0.492 e. The Kier molecular flexibility index (Phi) is 81.5. The Morgan fingerprint density at radius 3 is 0.848 bits per heavy atom. The number of methoxy groups -OCH3 is 1. The summed E-state index contributed by atoms with van der Waals surface area (Å²) in [4.78, 5) is 68.1. The van der Waals surface area contributed by atoms with Crippen LogP contribution in [0.2, 0.25) is 0 Å². The van der Waals surface area contributed by atoms with E-state index in [2.05, 4.69) is 60.6 Å². The van der Waals surface area contributed by atoms with E-state index in [1.165, 1.54) is 31.8 Å². The van der Waals surface area contributed by atoms with Crippen molar-refractivity contribution in [2.75, 3.05) is 79.5 Å². The van der Waals surface area contributed by atoms with Crippen molar-refractivity contribution in [3.05, 3.63) is 129 Å². The number of ether oxygens (including phenoxy) is 4. The van der Waals surface area contributed by atoms with Gasteiger partial charge in [0, 0.05) is 184 Å². The van der Waals surface area contributed by atoms with Gasteiger partial charge in [-0.15, -0.1) is 0 Å². The standard InChI is InChI=1S/2C6H8NO.C6H8O.2C5H6NO.C5H6O.3C4H9O.C3H7O.4Y/c2*1-7-5-3-2-4-6(7)8;7-6-4-2-1-3-5-6;2*1-6-4-2-3-5(6)7;6-5-3-1-2-4-5;3*1-3-5-4-2;1-3-4-2;;;;/h2*2,4H,1,3,5H2;2,4H,1,3,5H2;2*2-3H,1,4H2;1,3H,2,4H2;3*1,3-4H2,2H3;1,3H2,2H3;;;;/q2*-1;;2*-1;;4*-1;;;;. The number of carbonyl (C=O) groups excluding carboxylic acids is 6. The number of nitrogens with zero attached hydrogens (tertiary/aromatic N) is 4. The van der Waals surface area contributed by atoms with Crippen molar-refractivity contribution in [1.82, 2.24) is 19.6 Å². The van der Waals surface area contributed by atoms with Crippen LogP contribution in [0.3, 0.4) is 0 Å². The van der Waals surface area contributed by atoms with Gasteiger partial charge in [0.1, 0.15) is 0 Å². The van der Waals surface area contributed by atoms with Gasteiger partial charge in [-0.25, -0.2) is 0 Å². The maximum absolute atomic E-state index is 10.6. The summed E-state index contributed by atoms with van der Waals surface area (Å²) >= 11 is 0. The molecule has 6 aliphatic rings. The molecule has 18 heteroatoms. The van der Waals surface area contributed by atoms with Crippen LogP contribution in [0.15, 0.2) is 72.9 Å². The summed E-state index contributed by atoms with van der Waals surface area (Å²) in [5.74, 6) is 0.578. The largest absolute Gasteiger partial charge is 0.492 e. The molecule has 4 radical (unpaired) electrons. The first-order valence-corrected chi connectivity index (χ1v) is 20.6. The molecule has 0 atom stereocenters. The van der Waals surface area contributed by atoms with Gasteiger partial charge in [0.15, 0.2) is 11.6 Å². The molecule has 0 aromatic rings. The zero-order valence-corrected chi connectivity index (χ0v) is 51.8. The molecule has 0 aromatic carbocycles. The minimum absolute atomic E-state index is 0. The first kappa shape index (κ1) is 82.8. The summed E-state index contributed by atoms with van der Waals surface area (Å²) in [5.41, 5.74) is 0. The van der Waals surface area contributed by atoms with Crippen LogP contribution >= 0.6 is 0 Å². The minimum atomic E-state index is 0. The summed E-state index contributed by atoms with van der Waals surface area (Å²) in [5, 5.41) is 0. The second kappa shape index (κ2) is 64.9. The van der Waals surface area contributed by atoms with Gasteiger partial charge in [-0.05, 0) is 102 Å². The smallest absolute Gasteiger partial charge is 0.217 e. The molecule has 0 fully saturated rings. The Labute approximate surface area is 501 Å². The Hall–Kier alpha value is -0.0844. The summed E-state index contributed by atoms with van der Waals surface area (Å²) in [6, 6.07) is 0. The number of allylic oxidation sites excluding steroid dienone is 4. The average Bonchev–Trinajstić information content (AvgIpc) is 4.02. The van der Waals surface area contributed by atoms with E-state index < -0.39 is 0 Å². The zero-order valence-electron chi connectivity index (χ0n) is 40.5. The van der Waals surface area contributed by atoms with Crippen molar-refractivity contribution in [1.29, 1.82) is 0 Å². The summed E-state index contributed by atoms with van der Waals surface area (Å²) in [6.07, 6.45) is 27.1. The first-order chi connectivity index (χ1) is 29.7. The zero-order chi connectivity index (χ0) is 47.8. The first-order valence-electron chi connectivity index (χ1n) is 20.6. The quantitative estimate of drug-likeness (QED) is 0.252. The van der Waals surface area contributed by atoms with E-state index in [1.807, 2.05) is 45.1 Å². The molecule has 0 spiro atoms. The topological polar surface area (TPSA) is 152 Å². The number of hydrogen-bond donors (Lipinski definition) is 0. The fraction of sp³-hybridized carbons (Fsp3) is 0.458. The number of rotatable bonds is 7. The number of carbonyl (C=O) groups is 6. The molecule has 0 saturated carbocycles. The van der Waals surface area contributed by atoms with Gasteiger partial charge >= 0.3 is 0 Å². The molecule has 0 unspecified atom stereocenters. The molecule has 4 heterocycles. The second-order valence-corrected chi connectivity index (χ2v) is 12.3. The van der Waals surface area contributed by atoms with Crippen LogP contribution in [0.1, 0.15) is 65.7 Å². The van der Waals surface area contributed by atoms with Gasteiger partial charge in [-0.2, -0.15) is 0 Å². The third-order valence-electron chi connectivity index (χ3n) is 7.28. The Bertz CT molecular complexity index is 1280. The van der Waals surface area contributed by atoms with Crippen LogP contribution in [-0.2, 0) is 179 Å². The number of hydrogen-bond acceptors (Lipinski definition) is 10. The molecule has 0 bridgehead atoms. The summed E-state index contributed by atoms with van der Waals surface area (Å²) < 4.78 is 18.6. The molecule has 2 aliphatic carbocycles. The molecule has 0 saturated heterocycles. The normalized spacial score (nSPS) is 15.1. The molecule has 4 aliphatic heterocycles. The van der Waals surface area contributed by atoms with Crippen LogP contribution in [0, 0.1) is 55.9 Å². The van der Waals surface area contributed by atoms with E-state index in [1.54, 1.807) is 43.6 Å². The molecule has 6 rings (SSSR count). The van der Waals surface area contributed by atoms with E-state index in [9.17, 15) is 28.8 Å². The number of ketones is 2. The van der Waals surface area contributed by atoms with Gasteiger partial charge in [-0.3, -0.25) is 57.0 Å². The molecule has 4 amide bonds. The fourth-order valence-corrected chi connectivity index (χ4v) is 3.86. The fourth-order valence-electron chi connectivity index (χ4n) is 3.86. The predicted molar refractivity (Wildman–Crippen MR) is 248 cm³/mol. The van der Waals surface area contributed by atoms with Gasteiger partial charge < -0.3 is 66.2 Å². The Balaban J connectivity index is -0.0000000944. The third-order valence-corrected chi connectivity index (χ3v) is 7.28. The van der Waals surface area contributed by atoms with Crippen molar-refractivity contribution in [3.63, 3.8) is 0 Å². The second-order valence-electron chi connectivity index (χ2n) is 12.3. The van der Waals surface area contributed by atoms with Gasteiger partial charge in [-0.1, -0.05) is 62.9 Å². The molecular weight excluding hydrogens is 1150 g/mol. The van der Waals surface area contributed by atoms with E-state index in [-0.39, 0.29) is 166 Å². The van der Waals surface area contributed by atoms with Gasteiger partial charge in [0.2, 0.25) is 23.6 Å². The van der Waals surface area contributed by atoms with E-state index in [0.717, 1.165) is 77.9 Å². The Morgan fingerprint density at radius 2 is 0.742 bits per heavy atom. The summed E-state index contributed by atoms with van der Waals surface area (Å²) in [7, 11) is 15.5. The van der Waals surface area contributed by atoms with E-state index in [0.29, 0.717) is 39.5 Å². The third kappa shape index (κ3) is 61.9. The van der Waals surface area contributed by atoms with Crippen LogP contribution in [0.5, 0.6) is 0 Å². The van der Waals surface area contributed by atoms with Crippen molar-refractivity contribution in [3.8, 4) is 0 Å². The van der Waals surface area contributed by atoms with E-state index in [4.69, 9.17) is 14.2 Å². The summed E-state index contributed by atoms with van der Waals surface area (Å²) in [6.45, 7) is 27.1. The molecule has 14 nitrogen and oxygen atoms in total. The molecule has 66 heavy (non-hydrogen) atoms. The molecule has 0 N–H and O–H groups in total. The monoisotopic (exact) mass is 1220 g/mol. The van der Waals surface area contributed by atoms with E-state index >= 15 is 0 Å². The van der Waals surface area contributed by atoms with Crippen molar-refractivity contribution in [2.45, 2.75) is 65.7 Å².